The molecule has 1 aliphatic heterocycles. The molecule has 0 radical (unpaired) electrons. The van der Waals surface area contributed by atoms with Crippen LogP contribution in [0.3, 0.4) is 0 Å². The van der Waals surface area contributed by atoms with Crippen molar-refractivity contribution in [2.45, 2.75) is 45.8 Å². The lowest BCUT2D eigenvalue weighted by atomic mass is 9.93. The standard InChI is InChI=1S/C23H26N2O4/c1-4-9-19-20(22(26)28-15(2)3)21(25-23(27)24-19)16-10-8-13-18(14-16)29-17-11-6-5-7-12-17/h5-8,10-15,21H,4,9H2,1-3H3,(H2,24,25,27). The predicted molar refractivity (Wildman–Crippen MR) is 111 cm³/mol. The second kappa shape index (κ2) is 9.28. The van der Waals surface area contributed by atoms with Crippen LogP contribution in [-0.4, -0.2) is 18.1 Å². The maximum atomic E-state index is 12.9. The average molecular weight is 394 g/mol. The zero-order chi connectivity index (χ0) is 20.8. The van der Waals surface area contributed by atoms with Gasteiger partial charge >= 0.3 is 12.0 Å². The average Bonchev–Trinajstić information content (AvgIpc) is 2.68. The number of urea groups is 1. The van der Waals surface area contributed by atoms with Gasteiger partial charge in [-0.25, -0.2) is 9.59 Å². The molecule has 0 aliphatic carbocycles. The summed E-state index contributed by atoms with van der Waals surface area (Å²) in [6, 6.07) is 15.8. The van der Waals surface area contributed by atoms with Crippen molar-refractivity contribution < 1.29 is 19.1 Å². The molecule has 2 aromatic rings. The first-order valence-electron chi connectivity index (χ1n) is 9.82. The van der Waals surface area contributed by atoms with E-state index in [1.54, 1.807) is 13.8 Å². The molecular formula is C23H26N2O4. The van der Waals surface area contributed by atoms with Crippen molar-refractivity contribution in [1.82, 2.24) is 10.6 Å². The number of carbonyl (C=O) groups is 2. The minimum absolute atomic E-state index is 0.260. The molecule has 0 bridgehead atoms. The zero-order valence-electron chi connectivity index (χ0n) is 16.9. The van der Waals surface area contributed by atoms with E-state index in [0.717, 1.165) is 12.0 Å². The summed E-state index contributed by atoms with van der Waals surface area (Å²) in [4.78, 5) is 25.1. The van der Waals surface area contributed by atoms with E-state index in [1.165, 1.54) is 0 Å². The first-order chi connectivity index (χ1) is 14.0. The summed E-state index contributed by atoms with van der Waals surface area (Å²) in [5.41, 5.74) is 1.77. The fraction of sp³-hybridized carbons (Fsp3) is 0.304. The molecule has 1 unspecified atom stereocenters. The Morgan fingerprint density at radius 1 is 1.07 bits per heavy atom. The number of carbonyl (C=O) groups excluding carboxylic acids is 2. The van der Waals surface area contributed by atoms with Gasteiger partial charge in [0, 0.05) is 5.70 Å². The van der Waals surface area contributed by atoms with E-state index in [1.807, 2.05) is 61.5 Å². The Bertz CT molecular complexity index is 906. The molecule has 2 aromatic carbocycles. The van der Waals surface area contributed by atoms with Gasteiger partial charge in [0.1, 0.15) is 11.5 Å². The predicted octanol–water partition coefficient (Wildman–Crippen LogP) is 4.84. The Hall–Kier alpha value is -3.28. The van der Waals surface area contributed by atoms with Crippen LogP contribution in [0.15, 0.2) is 65.9 Å². The number of allylic oxidation sites excluding steroid dienone is 1. The highest BCUT2D eigenvalue weighted by molar-refractivity contribution is 5.95. The van der Waals surface area contributed by atoms with Gasteiger partial charge in [0.05, 0.1) is 17.7 Å². The Morgan fingerprint density at radius 2 is 1.79 bits per heavy atom. The van der Waals surface area contributed by atoms with Crippen molar-refractivity contribution in [2.75, 3.05) is 0 Å². The van der Waals surface area contributed by atoms with Crippen molar-refractivity contribution in [3.05, 3.63) is 71.4 Å². The number of rotatable bonds is 7. The Kier molecular flexibility index (Phi) is 6.54. The van der Waals surface area contributed by atoms with Crippen molar-refractivity contribution in [3.8, 4) is 11.5 Å². The fourth-order valence-electron chi connectivity index (χ4n) is 3.22. The van der Waals surface area contributed by atoms with Crippen LogP contribution in [0.25, 0.3) is 0 Å². The van der Waals surface area contributed by atoms with Crippen LogP contribution in [0.5, 0.6) is 11.5 Å². The van der Waals surface area contributed by atoms with Crippen molar-refractivity contribution in [1.29, 1.82) is 0 Å². The highest BCUT2D eigenvalue weighted by Gasteiger charge is 2.34. The molecule has 0 saturated carbocycles. The van der Waals surface area contributed by atoms with Gasteiger partial charge in [0.25, 0.3) is 0 Å². The van der Waals surface area contributed by atoms with E-state index >= 15 is 0 Å². The lowest BCUT2D eigenvalue weighted by Crippen LogP contribution is -2.46. The van der Waals surface area contributed by atoms with Crippen LogP contribution in [0.4, 0.5) is 4.79 Å². The van der Waals surface area contributed by atoms with Gasteiger partial charge in [-0.2, -0.15) is 0 Å². The third kappa shape index (κ3) is 5.16. The Balaban J connectivity index is 1.97. The van der Waals surface area contributed by atoms with Gasteiger partial charge < -0.3 is 20.1 Å². The minimum atomic E-state index is -0.615. The first kappa shape index (κ1) is 20.5. The summed E-state index contributed by atoms with van der Waals surface area (Å²) in [5, 5.41) is 5.63. The summed E-state index contributed by atoms with van der Waals surface area (Å²) >= 11 is 0. The van der Waals surface area contributed by atoms with Crippen LogP contribution in [0.1, 0.15) is 45.2 Å². The molecule has 152 valence electrons. The lowest BCUT2D eigenvalue weighted by molar-refractivity contribution is -0.143. The quantitative estimate of drug-likeness (QED) is 0.659. The third-order valence-corrected chi connectivity index (χ3v) is 4.39. The number of ether oxygens (including phenoxy) is 2. The largest absolute Gasteiger partial charge is 0.459 e. The highest BCUT2D eigenvalue weighted by Crippen LogP contribution is 2.32. The lowest BCUT2D eigenvalue weighted by Gasteiger charge is -2.30. The summed E-state index contributed by atoms with van der Waals surface area (Å²) in [6.07, 6.45) is 1.11. The van der Waals surface area contributed by atoms with Crippen LogP contribution < -0.4 is 15.4 Å². The smallest absolute Gasteiger partial charge is 0.338 e. The number of amides is 2. The minimum Gasteiger partial charge on any atom is -0.459 e. The van der Waals surface area contributed by atoms with E-state index in [2.05, 4.69) is 10.6 Å². The molecule has 1 aliphatic rings. The molecule has 6 nitrogen and oxygen atoms in total. The summed E-state index contributed by atoms with van der Waals surface area (Å²) in [6.45, 7) is 5.60. The van der Waals surface area contributed by atoms with Crippen molar-refractivity contribution >= 4 is 12.0 Å². The molecule has 0 aromatic heterocycles. The number of para-hydroxylation sites is 1. The SMILES string of the molecule is CCCC1=C(C(=O)OC(C)C)C(c2cccc(Oc3ccccc3)c2)NC(=O)N1. The Labute approximate surface area is 170 Å². The molecule has 2 N–H and O–H groups in total. The number of hydrogen-bond donors (Lipinski definition) is 2. The van der Waals surface area contributed by atoms with E-state index < -0.39 is 12.0 Å². The van der Waals surface area contributed by atoms with E-state index in [-0.39, 0.29) is 12.1 Å². The van der Waals surface area contributed by atoms with Crippen LogP contribution in [-0.2, 0) is 9.53 Å². The second-order valence-corrected chi connectivity index (χ2v) is 7.12. The van der Waals surface area contributed by atoms with Gasteiger partial charge in [-0.3, -0.25) is 0 Å². The van der Waals surface area contributed by atoms with Crippen molar-refractivity contribution in [3.63, 3.8) is 0 Å². The molecule has 29 heavy (non-hydrogen) atoms. The fourth-order valence-corrected chi connectivity index (χ4v) is 3.22. The van der Waals surface area contributed by atoms with Gasteiger partial charge in [0.15, 0.2) is 0 Å². The number of hydrogen-bond acceptors (Lipinski definition) is 4. The van der Waals surface area contributed by atoms with Gasteiger partial charge in [0.2, 0.25) is 0 Å². The number of benzene rings is 2. The molecule has 1 heterocycles. The monoisotopic (exact) mass is 394 g/mol. The highest BCUT2D eigenvalue weighted by atomic mass is 16.5. The topological polar surface area (TPSA) is 76.7 Å². The van der Waals surface area contributed by atoms with Gasteiger partial charge in [-0.05, 0) is 50.1 Å². The molecule has 1 atom stereocenters. The maximum absolute atomic E-state index is 12.9. The third-order valence-electron chi connectivity index (χ3n) is 4.39. The van der Waals surface area contributed by atoms with E-state index in [4.69, 9.17) is 9.47 Å². The summed E-state index contributed by atoms with van der Waals surface area (Å²) < 4.78 is 11.4. The molecule has 6 heteroatoms. The maximum Gasteiger partial charge on any atom is 0.338 e. The molecule has 0 spiro atoms. The molecule has 3 rings (SSSR count). The van der Waals surface area contributed by atoms with Crippen LogP contribution >= 0.6 is 0 Å². The zero-order valence-corrected chi connectivity index (χ0v) is 16.9. The van der Waals surface area contributed by atoms with Crippen LogP contribution in [0, 0.1) is 0 Å². The summed E-state index contributed by atoms with van der Waals surface area (Å²) in [5.74, 6) is 0.895. The van der Waals surface area contributed by atoms with E-state index in [9.17, 15) is 9.59 Å². The number of esters is 1. The summed E-state index contributed by atoms with van der Waals surface area (Å²) in [7, 11) is 0. The second-order valence-electron chi connectivity index (χ2n) is 7.12. The normalized spacial score (nSPS) is 16.3. The van der Waals surface area contributed by atoms with Crippen LogP contribution in [0.2, 0.25) is 0 Å². The van der Waals surface area contributed by atoms with Crippen molar-refractivity contribution in [2.24, 2.45) is 0 Å². The van der Waals surface area contributed by atoms with Gasteiger partial charge in [-0.1, -0.05) is 43.7 Å². The molecule has 0 saturated heterocycles. The van der Waals surface area contributed by atoms with E-state index in [0.29, 0.717) is 29.2 Å². The molecular weight excluding hydrogens is 368 g/mol. The first-order valence-corrected chi connectivity index (χ1v) is 9.82. The van der Waals surface area contributed by atoms with Gasteiger partial charge in [-0.15, -0.1) is 0 Å². The molecule has 2 amide bonds. The molecule has 0 fully saturated rings. The number of nitrogens with one attached hydrogen (secondary N) is 2. The Morgan fingerprint density at radius 3 is 2.48 bits per heavy atom.